The Morgan fingerprint density at radius 1 is 1.04 bits per heavy atom. The highest BCUT2D eigenvalue weighted by Gasteiger charge is 2.74. The predicted octanol–water partition coefficient (Wildman–Crippen LogP) is 6.39. The number of H-pyrrole nitrogens is 1. The molecule has 2 N–H and O–H groups in total. The maximum atomic E-state index is 13.8. The molecular weight excluding hydrogens is 695 g/mol. The molecule has 8 rings (SSSR count). The van der Waals surface area contributed by atoms with E-state index in [1.807, 2.05) is 6.07 Å². The number of nitriles is 1. The molecule has 0 radical (unpaired) electrons. The van der Waals surface area contributed by atoms with Crippen molar-refractivity contribution in [2.24, 2.45) is 11.8 Å². The third-order valence-electron chi connectivity index (χ3n) is 10.1. The van der Waals surface area contributed by atoms with E-state index in [-0.39, 0.29) is 29.8 Å². The molecule has 4 aliphatic rings. The third-order valence-corrected chi connectivity index (χ3v) is 10.8. The molecule has 13 heteroatoms. The van der Waals surface area contributed by atoms with Crippen LogP contribution in [0.5, 0.6) is 17.2 Å². The van der Waals surface area contributed by atoms with Crippen LogP contribution in [0, 0.1) is 23.2 Å². The van der Waals surface area contributed by atoms with Gasteiger partial charge >= 0.3 is 12.1 Å². The first kappa shape index (κ1) is 34.4. The largest absolute Gasteiger partial charge is 0.508 e. The summed E-state index contributed by atoms with van der Waals surface area (Å²) in [6.07, 6.45) is 3.02. The molecule has 4 aromatic rings. The van der Waals surface area contributed by atoms with Crippen LogP contribution in [-0.4, -0.2) is 61.5 Å². The van der Waals surface area contributed by atoms with Crippen LogP contribution in [0.3, 0.4) is 0 Å². The number of anilines is 1. The van der Waals surface area contributed by atoms with Gasteiger partial charge < -0.3 is 24.1 Å². The van der Waals surface area contributed by atoms with E-state index in [0.29, 0.717) is 62.3 Å². The number of hydrogen-bond acceptors (Lipinski definition) is 9. The van der Waals surface area contributed by atoms with E-state index in [1.165, 1.54) is 37.3 Å². The summed E-state index contributed by atoms with van der Waals surface area (Å²) in [6, 6.07) is 18.3. The van der Waals surface area contributed by atoms with E-state index in [1.54, 1.807) is 54.9 Å². The van der Waals surface area contributed by atoms with Gasteiger partial charge in [-0.05, 0) is 60.5 Å². The predicted molar refractivity (Wildman–Crippen MR) is 187 cm³/mol. The van der Waals surface area contributed by atoms with Crippen LogP contribution >= 0.6 is 23.2 Å². The van der Waals surface area contributed by atoms with Crippen LogP contribution in [0.2, 0.25) is 10.0 Å². The summed E-state index contributed by atoms with van der Waals surface area (Å²) in [5.41, 5.74) is 2.23. The summed E-state index contributed by atoms with van der Waals surface area (Å²) in [6.45, 7) is 2.72. The lowest BCUT2D eigenvalue weighted by atomic mass is 10.0. The summed E-state index contributed by atoms with van der Waals surface area (Å²) < 4.78 is 23.2. The van der Waals surface area contributed by atoms with Crippen molar-refractivity contribution in [2.75, 3.05) is 38.8 Å². The van der Waals surface area contributed by atoms with Crippen molar-refractivity contribution in [3.05, 3.63) is 111 Å². The number of ether oxygens (including phenoxy) is 4. The van der Waals surface area contributed by atoms with E-state index in [9.17, 15) is 20.0 Å². The molecule has 1 saturated carbocycles. The Labute approximate surface area is 304 Å². The van der Waals surface area contributed by atoms with Crippen molar-refractivity contribution in [1.29, 1.82) is 5.26 Å². The van der Waals surface area contributed by atoms with Crippen LogP contribution in [0.4, 0.5) is 10.5 Å². The number of aromatic hydroxyl groups is 1. The zero-order valence-corrected chi connectivity index (χ0v) is 29.4. The SMILES string of the molecule is COc1ccc([C@H](Cc2c(Cl)c[nH+]cc2Cl)OC(=O)c2ccc(CN(C(=O)O[C@]34CN5CCC3C4C5)c3cc(O)cc(C#N)c3)cc2)cc1OC. The first-order valence-corrected chi connectivity index (χ1v) is 17.2. The van der Waals surface area contributed by atoms with Crippen molar-refractivity contribution in [3.8, 4) is 23.3 Å². The number of carbonyl (C=O) groups excluding carboxylic acids is 2. The summed E-state index contributed by atoms with van der Waals surface area (Å²) in [5.74, 6) is 0.928. The fraction of sp³-hybridized carbons (Fsp3) is 0.316. The number of phenols is 1. The van der Waals surface area contributed by atoms with E-state index in [2.05, 4.69) is 9.88 Å². The molecule has 0 spiro atoms. The third kappa shape index (κ3) is 6.75. The van der Waals surface area contributed by atoms with Gasteiger partial charge in [0.2, 0.25) is 0 Å². The van der Waals surface area contributed by atoms with Gasteiger partial charge in [0, 0.05) is 43.0 Å². The minimum atomic E-state index is -0.799. The minimum Gasteiger partial charge on any atom is -0.508 e. The second kappa shape index (κ2) is 13.9. The molecule has 4 heterocycles. The average Bonchev–Trinajstić information content (AvgIpc) is 3.63. The molecule has 3 aliphatic heterocycles. The normalized spacial score (nSPS) is 21.6. The Hall–Kier alpha value is -5.02. The quantitative estimate of drug-likeness (QED) is 0.174. The highest BCUT2D eigenvalue weighted by Crippen LogP contribution is 2.63. The summed E-state index contributed by atoms with van der Waals surface area (Å²) in [7, 11) is 3.06. The van der Waals surface area contributed by atoms with Crippen molar-refractivity contribution >= 4 is 41.0 Å². The van der Waals surface area contributed by atoms with Crippen molar-refractivity contribution in [3.63, 3.8) is 0 Å². The fourth-order valence-corrected chi connectivity index (χ4v) is 7.99. The topological polar surface area (TPSA) is 136 Å². The number of hydrogen-bond donors (Lipinski definition) is 1. The molecule has 3 aromatic carbocycles. The van der Waals surface area contributed by atoms with E-state index < -0.39 is 23.8 Å². The van der Waals surface area contributed by atoms with E-state index in [0.717, 1.165) is 19.5 Å². The zero-order valence-electron chi connectivity index (χ0n) is 27.9. The number of rotatable bonds is 11. The van der Waals surface area contributed by atoms with Crippen LogP contribution in [0.1, 0.15) is 45.1 Å². The highest BCUT2D eigenvalue weighted by atomic mass is 35.5. The minimum absolute atomic E-state index is 0.0634. The number of aromatic amines is 1. The number of aromatic nitrogens is 1. The fourth-order valence-electron chi connectivity index (χ4n) is 7.46. The first-order chi connectivity index (χ1) is 24.6. The molecule has 5 atom stereocenters. The van der Waals surface area contributed by atoms with Gasteiger partial charge in [-0.3, -0.25) is 9.80 Å². The number of phenolic OH excluding ortho intramolecular Hbond substituents is 1. The number of halogens is 2. The molecule has 262 valence electrons. The van der Waals surface area contributed by atoms with Crippen LogP contribution in [0.25, 0.3) is 0 Å². The Kier molecular flexibility index (Phi) is 9.42. The first-order valence-electron chi connectivity index (χ1n) is 16.4. The molecule has 1 aromatic heterocycles. The van der Waals surface area contributed by atoms with Gasteiger partial charge in [0.25, 0.3) is 0 Å². The number of benzene rings is 3. The number of pyridine rings is 1. The second-order valence-electron chi connectivity index (χ2n) is 13.0. The highest BCUT2D eigenvalue weighted by molar-refractivity contribution is 6.35. The van der Waals surface area contributed by atoms with Crippen molar-refractivity contribution in [1.82, 2.24) is 4.90 Å². The van der Waals surface area contributed by atoms with Gasteiger partial charge in [-0.2, -0.15) is 5.26 Å². The van der Waals surface area contributed by atoms with Crippen LogP contribution in [0.15, 0.2) is 73.1 Å². The van der Waals surface area contributed by atoms with Crippen molar-refractivity contribution in [2.45, 2.75) is 31.1 Å². The molecule has 3 unspecified atom stereocenters. The Morgan fingerprint density at radius 3 is 2.41 bits per heavy atom. The Morgan fingerprint density at radius 2 is 1.78 bits per heavy atom. The van der Waals surface area contributed by atoms with Gasteiger partial charge in [0.05, 0.1) is 43.6 Å². The molecule has 51 heavy (non-hydrogen) atoms. The molecular formula is C38H35Cl2N4O7+. The number of carbonyl (C=O) groups is 2. The van der Waals surface area contributed by atoms with Gasteiger partial charge in [0.15, 0.2) is 23.9 Å². The lowest BCUT2D eigenvalue weighted by Gasteiger charge is -2.31. The lowest BCUT2D eigenvalue weighted by Crippen LogP contribution is -2.42. The van der Waals surface area contributed by atoms with Crippen LogP contribution < -0.4 is 19.4 Å². The van der Waals surface area contributed by atoms with E-state index >= 15 is 0 Å². The van der Waals surface area contributed by atoms with Crippen molar-refractivity contribution < 1.29 is 38.6 Å². The van der Waals surface area contributed by atoms with Gasteiger partial charge in [-0.1, -0.05) is 41.4 Å². The van der Waals surface area contributed by atoms with Gasteiger partial charge in [-0.15, -0.1) is 0 Å². The summed E-state index contributed by atoms with van der Waals surface area (Å²) in [4.78, 5) is 34.1. The second-order valence-corrected chi connectivity index (χ2v) is 13.8. The molecule has 3 saturated heterocycles. The molecule has 4 fully saturated rings. The number of nitrogens with zero attached hydrogens (tertiary/aromatic N) is 3. The summed E-state index contributed by atoms with van der Waals surface area (Å²) >= 11 is 13.0. The van der Waals surface area contributed by atoms with E-state index in [4.69, 9.17) is 42.1 Å². The molecule has 11 nitrogen and oxygen atoms in total. The Balaban J connectivity index is 1.12. The average molecular weight is 731 g/mol. The smallest absolute Gasteiger partial charge is 0.415 e. The molecule has 1 amide bonds. The number of fused-ring (bicyclic) bond motifs is 1. The van der Waals surface area contributed by atoms with Crippen LogP contribution in [-0.2, 0) is 22.4 Å². The maximum absolute atomic E-state index is 13.8. The summed E-state index contributed by atoms with van der Waals surface area (Å²) in [5, 5.41) is 20.7. The number of nitrogens with one attached hydrogen (secondary N) is 1. The molecule has 1 aliphatic carbocycles. The zero-order chi connectivity index (χ0) is 35.9. The number of methoxy groups -OCH3 is 2. The molecule has 4 bridgehead atoms. The lowest BCUT2D eigenvalue weighted by molar-refractivity contribution is -0.377. The monoisotopic (exact) mass is 729 g/mol. The standard InChI is InChI=1S/C38H34Cl2N4O7/c1-48-33-8-7-25(13-35(33)49-2)34(15-28-31(39)17-42-18-32(28)40)50-36(46)24-5-3-22(4-6-24)19-44(26-11-23(16-41)12-27(45)14-26)37(47)51-38-21-43-10-9-29(38)30(38)20-43/h3-8,11-14,17-18,29-30,34,45H,9-10,15,19-21H2,1-2H3/p+1/t29?,30?,34-,38+/m0/s1. The van der Waals surface area contributed by atoms with Gasteiger partial charge in [0.1, 0.15) is 27.5 Å². The Bertz CT molecular complexity index is 2010. The number of piperidine rings is 3. The van der Waals surface area contributed by atoms with Gasteiger partial charge in [-0.25, -0.2) is 14.6 Å². The maximum Gasteiger partial charge on any atom is 0.415 e. The number of esters is 1. The number of amides is 1.